The van der Waals surface area contributed by atoms with Crippen LogP contribution in [0, 0.1) is 13.8 Å². The molecule has 0 bridgehead atoms. The van der Waals surface area contributed by atoms with E-state index in [0.717, 1.165) is 54.8 Å². The van der Waals surface area contributed by atoms with Gasteiger partial charge in [-0.25, -0.2) is 19.9 Å². The molecule has 1 aliphatic heterocycles. The van der Waals surface area contributed by atoms with Gasteiger partial charge >= 0.3 is 0 Å². The molecule has 0 unspecified atom stereocenters. The predicted molar refractivity (Wildman–Crippen MR) is 105 cm³/mol. The van der Waals surface area contributed by atoms with Crippen molar-refractivity contribution in [1.82, 2.24) is 19.9 Å². The quantitative estimate of drug-likeness (QED) is 0.709. The van der Waals surface area contributed by atoms with Gasteiger partial charge in [0.2, 0.25) is 0 Å². The van der Waals surface area contributed by atoms with Crippen LogP contribution in [0.1, 0.15) is 35.8 Å². The van der Waals surface area contributed by atoms with Crippen LogP contribution in [-0.2, 0) is 0 Å². The largest absolute Gasteiger partial charge is 0.353 e. The number of nitrogens with zero attached hydrogens (tertiary/aromatic N) is 6. The molecule has 1 saturated heterocycles. The first kappa shape index (κ1) is 15.9. The van der Waals surface area contributed by atoms with E-state index in [4.69, 9.17) is 9.97 Å². The molecule has 6 nitrogen and oxygen atoms in total. The topological polar surface area (TPSA) is 58.0 Å². The highest BCUT2D eigenvalue weighted by Gasteiger charge is 2.29. The maximum absolute atomic E-state index is 4.93. The van der Waals surface area contributed by atoms with E-state index >= 15 is 0 Å². The van der Waals surface area contributed by atoms with Crippen molar-refractivity contribution in [2.45, 2.75) is 32.6 Å². The van der Waals surface area contributed by atoms with Crippen LogP contribution >= 0.6 is 11.3 Å². The summed E-state index contributed by atoms with van der Waals surface area (Å²) in [7, 11) is 0. The van der Waals surface area contributed by atoms with Gasteiger partial charge in [-0.3, -0.25) is 0 Å². The van der Waals surface area contributed by atoms with Gasteiger partial charge in [-0.1, -0.05) is 0 Å². The van der Waals surface area contributed by atoms with E-state index in [1.165, 1.54) is 23.1 Å². The third kappa shape index (κ3) is 2.70. The van der Waals surface area contributed by atoms with Crippen molar-refractivity contribution >= 4 is 33.2 Å². The SMILES string of the molecule is Cc1nc(C2CC2)nc(N2CCN(c3ncnc4ccsc34)CC2)c1C. The third-order valence-electron chi connectivity index (χ3n) is 5.43. The lowest BCUT2D eigenvalue weighted by Gasteiger charge is -2.37. The van der Waals surface area contributed by atoms with Crippen molar-refractivity contribution in [2.75, 3.05) is 36.0 Å². The van der Waals surface area contributed by atoms with E-state index < -0.39 is 0 Å². The summed E-state index contributed by atoms with van der Waals surface area (Å²) in [4.78, 5) is 23.4. The zero-order valence-corrected chi connectivity index (χ0v) is 16.0. The Kier molecular flexibility index (Phi) is 3.77. The maximum Gasteiger partial charge on any atom is 0.150 e. The third-order valence-corrected chi connectivity index (χ3v) is 6.33. The van der Waals surface area contributed by atoms with Crippen molar-refractivity contribution in [1.29, 1.82) is 0 Å². The number of piperazine rings is 1. The number of fused-ring (bicyclic) bond motifs is 1. The first-order valence-corrected chi connectivity index (χ1v) is 10.1. The Balaban J connectivity index is 1.38. The number of hydrogen-bond donors (Lipinski definition) is 0. The van der Waals surface area contributed by atoms with E-state index in [1.807, 2.05) is 0 Å². The van der Waals surface area contributed by atoms with Gasteiger partial charge in [0.05, 0.1) is 10.2 Å². The van der Waals surface area contributed by atoms with Crippen LogP contribution in [0.2, 0.25) is 0 Å². The molecule has 1 aliphatic carbocycles. The number of rotatable bonds is 3. The second-order valence-electron chi connectivity index (χ2n) is 7.20. The van der Waals surface area contributed by atoms with Crippen LogP contribution in [0.3, 0.4) is 0 Å². The first-order valence-electron chi connectivity index (χ1n) is 9.24. The summed E-state index contributed by atoms with van der Waals surface area (Å²) in [5.41, 5.74) is 3.37. The molecular weight excluding hydrogens is 344 g/mol. The second-order valence-corrected chi connectivity index (χ2v) is 8.11. The average Bonchev–Trinajstić information content (AvgIpc) is 3.40. The zero-order valence-electron chi connectivity index (χ0n) is 15.1. The lowest BCUT2D eigenvalue weighted by atomic mass is 10.2. The van der Waals surface area contributed by atoms with Crippen molar-refractivity contribution in [2.24, 2.45) is 0 Å². The number of aryl methyl sites for hydroxylation is 1. The van der Waals surface area contributed by atoms with Crippen LogP contribution in [0.5, 0.6) is 0 Å². The normalized spacial score (nSPS) is 17.9. The monoisotopic (exact) mass is 366 g/mol. The van der Waals surface area contributed by atoms with Gasteiger partial charge in [0.15, 0.2) is 0 Å². The molecule has 0 spiro atoms. The van der Waals surface area contributed by atoms with Crippen LogP contribution in [-0.4, -0.2) is 46.1 Å². The number of aromatic nitrogens is 4. The molecule has 0 aromatic carbocycles. The molecule has 2 fully saturated rings. The highest BCUT2D eigenvalue weighted by Crippen LogP contribution is 2.39. The molecule has 0 radical (unpaired) electrons. The predicted octanol–water partition coefficient (Wildman–Crippen LogP) is 3.30. The Morgan fingerprint density at radius 1 is 0.962 bits per heavy atom. The molecule has 26 heavy (non-hydrogen) atoms. The molecule has 4 heterocycles. The Morgan fingerprint density at radius 3 is 2.42 bits per heavy atom. The van der Waals surface area contributed by atoms with Gasteiger partial charge in [-0.15, -0.1) is 11.3 Å². The van der Waals surface area contributed by atoms with Gasteiger partial charge < -0.3 is 9.80 Å². The summed E-state index contributed by atoms with van der Waals surface area (Å²) in [6.07, 6.45) is 4.15. The van der Waals surface area contributed by atoms with Crippen molar-refractivity contribution in [3.63, 3.8) is 0 Å². The van der Waals surface area contributed by atoms with Crippen molar-refractivity contribution < 1.29 is 0 Å². The summed E-state index contributed by atoms with van der Waals surface area (Å²) in [5.74, 6) is 3.83. The first-order chi connectivity index (χ1) is 12.7. The summed E-state index contributed by atoms with van der Waals surface area (Å²) < 4.78 is 1.19. The molecule has 0 atom stereocenters. The molecule has 0 amide bonds. The molecular formula is C19H22N6S. The van der Waals surface area contributed by atoms with Crippen LogP contribution in [0.4, 0.5) is 11.6 Å². The van der Waals surface area contributed by atoms with Crippen LogP contribution in [0.15, 0.2) is 17.8 Å². The van der Waals surface area contributed by atoms with Gasteiger partial charge in [-0.2, -0.15) is 0 Å². The fourth-order valence-corrected chi connectivity index (χ4v) is 4.46. The van der Waals surface area contributed by atoms with E-state index in [1.54, 1.807) is 17.7 Å². The Bertz CT molecular complexity index is 956. The molecule has 7 heteroatoms. The Labute approximate surface area is 156 Å². The smallest absolute Gasteiger partial charge is 0.150 e. The van der Waals surface area contributed by atoms with Crippen LogP contribution < -0.4 is 9.80 Å². The molecule has 5 rings (SSSR count). The van der Waals surface area contributed by atoms with Gasteiger partial charge in [0, 0.05) is 43.4 Å². The highest BCUT2D eigenvalue weighted by molar-refractivity contribution is 7.17. The fourth-order valence-electron chi connectivity index (χ4n) is 3.60. The summed E-state index contributed by atoms with van der Waals surface area (Å²) >= 11 is 1.72. The van der Waals surface area contributed by atoms with Crippen molar-refractivity contribution in [3.05, 3.63) is 34.9 Å². The Morgan fingerprint density at radius 2 is 1.69 bits per heavy atom. The summed E-state index contributed by atoms with van der Waals surface area (Å²) in [6, 6.07) is 2.06. The lowest BCUT2D eigenvalue weighted by Crippen LogP contribution is -2.47. The molecule has 3 aromatic rings. The second kappa shape index (κ2) is 6.16. The van der Waals surface area contributed by atoms with E-state index in [2.05, 4.69) is 45.1 Å². The van der Waals surface area contributed by atoms with E-state index in [9.17, 15) is 0 Å². The number of anilines is 2. The van der Waals surface area contributed by atoms with Gasteiger partial charge in [0.1, 0.15) is 23.8 Å². The van der Waals surface area contributed by atoms with E-state index in [0.29, 0.717) is 5.92 Å². The molecule has 1 saturated carbocycles. The standard InChI is InChI=1S/C19H22N6S/c1-12-13(2)22-17(14-3-4-14)23-18(12)24-6-8-25(9-7-24)19-16-15(5-10-26-16)20-11-21-19/h5,10-11,14H,3-4,6-9H2,1-2H3. The minimum atomic E-state index is 0.586. The summed E-state index contributed by atoms with van der Waals surface area (Å²) in [6.45, 7) is 8.07. The minimum absolute atomic E-state index is 0.586. The zero-order chi connectivity index (χ0) is 17.7. The number of hydrogen-bond acceptors (Lipinski definition) is 7. The molecule has 3 aromatic heterocycles. The maximum atomic E-state index is 4.93. The molecule has 134 valence electrons. The van der Waals surface area contributed by atoms with Gasteiger partial charge in [-0.05, 0) is 38.1 Å². The van der Waals surface area contributed by atoms with Gasteiger partial charge in [0.25, 0.3) is 0 Å². The minimum Gasteiger partial charge on any atom is -0.353 e. The van der Waals surface area contributed by atoms with Crippen molar-refractivity contribution in [3.8, 4) is 0 Å². The number of thiophene rings is 1. The average molecular weight is 366 g/mol. The Hall–Kier alpha value is -2.28. The molecule has 0 N–H and O–H groups in total. The van der Waals surface area contributed by atoms with E-state index in [-0.39, 0.29) is 0 Å². The lowest BCUT2D eigenvalue weighted by molar-refractivity contribution is 0.638. The fraction of sp³-hybridized carbons (Fsp3) is 0.474. The van der Waals surface area contributed by atoms with Crippen LogP contribution in [0.25, 0.3) is 10.2 Å². The summed E-state index contributed by atoms with van der Waals surface area (Å²) in [5, 5.41) is 2.09. The molecule has 2 aliphatic rings. The highest BCUT2D eigenvalue weighted by atomic mass is 32.1.